The van der Waals surface area contributed by atoms with Crippen molar-refractivity contribution in [1.82, 2.24) is 0 Å². The lowest BCUT2D eigenvalue weighted by Crippen LogP contribution is -2.21. The van der Waals surface area contributed by atoms with E-state index in [0.29, 0.717) is 12.0 Å². The van der Waals surface area contributed by atoms with Crippen molar-refractivity contribution in [1.29, 1.82) is 0 Å². The quantitative estimate of drug-likeness (QED) is 0.718. The first-order valence-corrected chi connectivity index (χ1v) is 8.28. The fourth-order valence-electron chi connectivity index (χ4n) is 2.37. The van der Waals surface area contributed by atoms with Gasteiger partial charge in [-0.25, -0.2) is 4.79 Å². The van der Waals surface area contributed by atoms with Gasteiger partial charge in [0.2, 0.25) is 0 Å². The second-order valence-corrected chi connectivity index (χ2v) is 6.68. The van der Waals surface area contributed by atoms with Gasteiger partial charge in [-0.05, 0) is 40.8 Å². The Morgan fingerprint density at radius 1 is 1.20 bits per heavy atom. The maximum Gasteiger partial charge on any atom is 0.378 e. The van der Waals surface area contributed by atoms with Crippen LogP contribution < -0.4 is 4.74 Å². The summed E-state index contributed by atoms with van der Waals surface area (Å²) in [4.78, 5) is 10.5. The van der Waals surface area contributed by atoms with Gasteiger partial charge in [0.25, 0.3) is 0 Å². The molecular formula is C18H17Cl2FO4. The van der Waals surface area contributed by atoms with Crippen LogP contribution in [0, 0.1) is 0 Å². The van der Waals surface area contributed by atoms with Gasteiger partial charge < -0.3 is 14.9 Å². The van der Waals surface area contributed by atoms with E-state index in [1.165, 1.54) is 12.1 Å². The van der Waals surface area contributed by atoms with Crippen LogP contribution in [0.5, 0.6) is 11.5 Å². The normalized spacial score (nSPS) is 12.2. The molecule has 0 radical (unpaired) electrons. The number of halogens is 3. The maximum absolute atomic E-state index is 13.1. The van der Waals surface area contributed by atoms with Crippen LogP contribution in [0.3, 0.4) is 0 Å². The molecule has 7 heteroatoms. The Morgan fingerprint density at radius 2 is 1.80 bits per heavy atom. The van der Waals surface area contributed by atoms with Crippen LogP contribution in [0.1, 0.15) is 36.5 Å². The van der Waals surface area contributed by atoms with E-state index in [1.54, 1.807) is 12.1 Å². The minimum Gasteiger partial charge on any atom is -0.508 e. The maximum atomic E-state index is 13.1. The summed E-state index contributed by atoms with van der Waals surface area (Å²) in [6.07, 6.45) is -2.10. The van der Waals surface area contributed by atoms with Gasteiger partial charge in [0.1, 0.15) is 11.5 Å². The van der Waals surface area contributed by atoms with Crippen LogP contribution in [0.15, 0.2) is 30.3 Å². The highest BCUT2D eigenvalue weighted by Crippen LogP contribution is 2.34. The van der Waals surface area contributed by atoms with Gasteiger partial charge in [0, 0.05) is 16.5 Å². The van der Waals surface area contributed by atoms with Crippen molar-refractivity contribution in [3.8, 4) is 11.5 Å². The summed E-state index contributed by atoms with van der Waals surface area (Å²) in [5.41, 5.74) is 2.31. The number of benzene rings is 2. The second-order valence-electron chi connectivity index (χ2n) is 5.86. The van der Waals surface area contributed by atoms with Crippen LogP contribution in [0.2, 0.25) is 10.0 Å². The summed E-state index contributed by atoms with van der Waals surface area (Å²) >= 11 is 12.4. The predicted octanol–water partition coefficient (Wildman–Crippen LogP) is 5.17. The number of carboxylic acid groups (broad SMARTS) is 1. The Bertz CT molecular complexity index is 770. The smallest absolute Gasteiger partial charge is 0.378 e. The third kappa shape index (κ3) is 4.77. The zero-order valence-electron chi connectivity index (χ0n) is 13.6. The highest BCUT2D eigenvalue weighted by molar-refractivity contribution is 6.36. The number of hydrogen-bond acceptors (Lipinski definition) is 3. The van der Waals surface area contributed by atoms with Crippen LogP contribution in [0.4, 0.5) is 4.39 Å². The summed E-state index contributed by atoms with van der Waals surface area (Å²) in [6, 6.07) is 7.90. The van der Waals surface area contributed by atoms with Crippen molar-refractivity contribution >= 4 is 29.2 Å². The van der Waals surface area contributed by atoms with E-state index in [-0.39, 0.29) is 27.5 Å². The molecule has 2 aromatic rings. The number of aliphatic carboxylic acids is 1. The highest BCUT2D eigenvalue weighted by atomic mass is 35.5. The number of ether oxygens (including phenoxy) is 1. The molecule has 0 aliphatic rings. The summed E-state index contributed by atoms with van der Waals surface area (Å²) in [7, 11) is 0. The number of hydrogen-bond donors (Lipinski definition) is 2. The third-order valence-corrected chi connectivity index (χ3v) is 4.32. The molecule has 0 spiro atoms. The fraction of sp³-hybridized carbons (Fsp3) is 0.278. The van der Waals surface area contributed by atoms with Crippen LogP contribution in [-0.2, 0) is 11.2 Å². The van der Waals surface area contributed by atoms with Crippen molar-refractivity contribution in [2.24, 2.45) is 0 Å². The van der Waals surface area contributed by atoms with Gasteiger partial charge in [-0.3, -0.25) is 0 Å². The molecule has 0 aliphatic heterocycles. The molecule has 2 N–H and O–H groups in total. The number of carboxylic acids is 1. The molecule has 0 bridgehead atoms. The molecule has 0 heterocycles. The summed E-state index contributed by atoms with van der Waals surface area (Å²) in [5.74, 6) is -1.43. The molecule has 134 valence electrons. The van der Waals surface area contributed by atoms with E-state index in [0.717, 1.165) is 11.1 Å². The van der Waals surface area contributed by atoms with Crippen LogP contribution in [-0.4, -0.2) is 22.5 Å². The Hall–Kier alpha value is -1.98. The molecule has 0 saturated heterocycles. The molecule has 0 saturated carbocycles. The first kappa shape index (κ1) is 19.3. The van der Waals surface area contributed by atoms with Crippen molar-refractivity contribution in [3.05, 3.63) is 57.1 Å². The van der Waals surface area contributed by atoms with Crippen LogP contribution >= 0.6 is 23.2 Å². The molecule has 0 aliphatic carbocycles. The van der Waals surface area contributed by atoms with E-state index in [9.17, 15) is 14.3 Å². The van der Waals surface area contributed by atoms with Gasteiger partial charge in [-0.2, -0.15) is 4.39 Å². The van der Waals surface area contributed by atoms with E-state index in [2.05, 4.69) is 4.74 Å². The van der Waals surface area contributed by atoms with E-state index < -0.39 is 12.3 Å². The second kappa shape index (κ2) is 7.93. The third-order valence-electron chi connectivity index (χ3n) is 3.64. The van der Waals surface area contributed by atoms with E-state index >= 15 is 0 Å². The Morgan fingerprint density at radius 3 is 2.32 bits per heavy atom. The minimum atomic E-state index is -2.50. The van der Waals surface area contributed by atoms with Gasteiger partial charge in [-0.15, -0.1) is 0 Å². The Balaban J connectivity index is 2.29. The largest absolute Gasteiger partial charge is 0.508 e. The van der Waals surface area contributed by atoms with Crippen molar-refractivity contribution < 1.29 is 24.1 Å². The molecule has 4 nitrogen and oxygen atoms in total. The zero-order chi connectivity index (χ0) is 18.7. The van der Waals surface area contributed by atoms with Crippen molar-refractivity contribution in [3.63, 3.8) is 0 Å². The fourth-order valence-corrected chi connectivity index (χ4v) is 2.97. The number of carbonyl (C=O) groups is 1. The monoisotopic (exact) mass is 386 g/mol. The SMILES string of the molecule is CC(C)c1cc(Cc2c(Cl)cc(OC(F)C(=O)O)cc2Cl)ccc1O. The number of rotatable bonds is 6. The zero-order valence-corrected chi connectivity index (χ0v) is 15.1. The van der Waals surface area contributed by atoms with Gasteiger partial charge in [0.15, 0.2) is 0 Å². The Kier molecular flexibility index (Phi) is 6.14. The number of phenolic OH excluding ortho intramolecular Hbond substituents is 1. The molecule has 1 atom stereocenters. The molecule has 0 amide bonds. The van der Waals surface area contributed by atoms with E-state index in [1.807, 2.05) is 19.9 Å². The molecule has 0 fully saturated rings. The summed E-state index contributed by atoms with van der Waals surface area (Å²) in [5, 5.41) is 18.9. The summed E-state index contributed by atoms with van der Waals surface area (Å²) < 4.78 is 17.8. The number of aromatic hydroxyl groups is 1. The lowest BCUT2D eigenvalue weighted by molar-refractivity contribution is -0.153. The van der Waals surface area contributed by atoms with Gasteiger partial charge in [0.05, 0.1) is 0 Å². The first-order valence-electron chi connectivity index (χ1n) is 7.52. The molecule has 25 heavy (non-hydrogen) atoms. The molecule has 2 rings (SSSR count). The molecule has 0 aromatic heterocycles. The standard InChI is InChI=1S/C18H17Cl2FO4/c1-9(2)12-5-10(3-4-16(12)22)6-13-14(19)7-11(8-15(13)20)25-17(21)18(23)24/h3-5,7-9,17,22H,6H2,1-2H3,(H,23,24). The van der Waals surface area contributed by atoms with Crippen molar-refractivity contribution in [2.75, 3.05) is 0 Å². The Labute approximate surface area is 154 Å². The lowest BCUT2D eigenvalue weighted by atomic mass is 9.96. The highest BCUT2D eigenvalue weighted by Gasteiger charge is 2.19. The molecular weight excluding hydrogens is 370 g/mol. The van der Waals surface area contributed by atoms with Crippen molar-refractivity contribution in [2.45, 2.75) is 32.5 Å². The number of alkyl halides is 1. The van der Waals surface area contributed by atoms with Crippen LogP contribution in [0.25, 0.3) is 0 Å². The predicted molar refractivity (Wildman–Crippen MR) is 94.6 cm³/mol. The minimum absolute atomic E-state index is 0.0674. The van der Waals surface area contributed by atoms with E-state index in [4.69, 9.17) is 28.3 Å². The first-order chi connectivity index (χ1) is 11.7. The van der Waals surface area contributed by atoms with Gasteiger partial charge >= 0.3 is 12.3 Å². The average Bonchev–Trinajstić information content (AvgIpc) is 2.52. The molecule has 2 aromatic carbocycles. The summed E-state index contributed by atoms with van der Waals surface area (Å²) in [6.45, 7) is 3.95. The topological polar surface area (TPSA) is 66.8 Å². The van der Waals surface area contributed by atoms with Gasteiger partial charge in [-0.1, -0.05) is 49.2 Å². The molecule has 1 unspecified atom stereocenters. The lowest BCUT2D eigenvalue weighted by Gasteiger charge is -2.14. The average molecular weight is 387 g/mol. The number of phenols is 1.